The van der Waals surface area contributed by atoms with Gasteiger partial charge in [0.1, 0.15) is 0 Å². The van der Waals surface area contributed by atoms with Crippen LogP contribution in [0.2, 0.25) is 19.6 Å². The van der Waals surface area contributed by atoms with Gasteiger partial charge in [-0.1, -0.05) is 85.8 Å². The molecule has 2 aromatic rings. The van der Waals surface area contributed by atoms with E-state index in [1.54, 1.807) is 0 Å². The largest absolute Gasteiger partial charge is 0.385 e. The van der Waals surface area contributed by atoms with E-state index in [9.17, 15) is 5.11 Å². The van der Waals surface area contributed by atoms with Crippen LogP contribution in [0.5, 0.6) is 0 Å². The highest BCUT2D eigenvalue weighted by molar-refractivity contribution is 6.88. The Bertz CT molecular complexity index is 768. The maximum Gasteiger partial charge on any atom is 0.0926 e. The van der Waals surface area contributed by atoms with Crippen LogP contribution in [-0.4, -0.2) is 30.2 Å². The first-order valence-electron chi connectivity index (χ1n) is 10.5. The number of benzene rings is 2. The van der Waals surface area contributed by atoms with Crippen LogP contribution in [0.25, 0.3) is 0 Å². The van der Waals surface area contributed by atoms with Crippen LogP contribution in [0.1, 0.15) is 43.2 Å². The maximum absolute atomic E-state index is 11.7. The molecular weight excluding hydrogens is 346 g/mol. The summed E-state index contributed by atoms with van der Waals surface area (Å²) in [6.07, 6.45) is 5.45. The number of nitrogens with zero attached hydrogens (tertiary/aromatic N) is 1. The summed E-state index contributed by atoms with van der Waals surface area (Å²) in [6.45, 7) is 8.16. The van der Waals surface area contributed by atoms with Crippen molar-refractivity contribution >= 4 is 13.3 Å². The van der Waals surface area contributed by atoms with Gasteiger partial charge in [0.05, 0.1) is 13.7 Å². The van der Waals surface area contributed by atoms with Crippen LogP contribution in [-0.2, 0) is 12.1 Å². The lowest BCUT2D eigenvalue weighted by Gasteiger charge is -2.52. The van der Waals surface area contributed by atoms with E-state index < -0.39 is 13.7 Å². The Hall–Kier alpha value is -1.42. The van der Waals surface area contributed by atoms with Crippen molar-refractivity contribution in [2.24, 2.45) is 0 Å². The second-order valence-electron chi connectivity index (χ2n) is 9.67. The van der Waals surface area contributed by atoms with Gasteiger partial charge in [-0.25, -0.2) is 0 Å². The SMILES string of the molecule is C[Si](C)(C)c1cccc(C2(O)CC3CCCC(C2)N3Cc2ccccc2)c1. The molecule has 0 aliphatic carbocycles. The van der Waals surface area contributed by atoms with Gasteiger partial charge in [-0.3, -0.25) is 4.90 Å². The Morgan fingerprint density at radius 1 is 0.963 bits per heavy atom. The lowest BCUT2D eigenvalue weighted by Crippen LogP contribution is -2.56. The van der Waals surface area contributed by atoms with Crippen LogP contribution >= 0.6 is 0 Å². The Balaban J connectivity index is 1.59. The molecule has 2 bridgehead atoms. The number of fused-ring (bicyclic) bond motifs is 2. The predicted octanol–water partition coefficient (Wildman–Crippen LogP) is 4.64. The number of piperidine rings is 2. The van der Waals surface area contributed by atoms with Crippen LogP contribution in [0.3, 0.4) is 0 Å². The molecule has 2 nitrogen and oxygen atoms in total. The van der Waals surface area contributed by atoms with Gasteiger partial charge in [0, 0.05) is 18.6 Å². The highest BCUT2D eigenvalue weighted by Gasteiger charge is 2.46. The molecule has 0 saturated carbocycles. The van der Waals surface area contributed by atoms with Crippen molar-refractivity contribution in [3.63, 3.8) is 0 Å². The zero-order valence-corrected chi connectivity index (χ0v) is 18.0. The van der Waals surface area contributed by atoms with Gasteiger partial charge in [0.25, 0.3) is 0 Å². The van der Waals surface area contributed by atoms with Crippen LogP contribution in [0, 0.1) is 0 Å². The molecule has 2 aliphatic heterocycles. The molecular formula is C24H33NOSi. The van der Waals surface area contributed by atoms with E-state index in [1.165, 1.54) is 30.0 Å². The molecule has 4 rings (SSSR count). The first-order valence-corrected chi connectivity index (χ1v) is 14.0. The minimum atomic E-state index is -1.38. The minimum Gasteiger partial charge on any atom is -0.385 e. The lowest BCUT2D eigenvalue weighted by atomic mass is 9.72. The molecule has 0 aromatic heterocycles. The molecule has 0 radical (unpaired) electrons. The van der Waals surface area contributed by atoms with Crippen molar-refractivity contribution in [2.75, 3.05) is 0 Å². The second-order valence-corrected chi connectivity index (χ2v) is 14.7. The second kappa shape index (κ2) is 7.19. The van der Waals surface area contributed by atoms with E-state index in [4.69, 9.17) is 0 Å². The van der Waals surface area contributed by atoms with E-state index in [0.29, 0.717) is 12.1 Å². The predicted molar refractivity (Wildman–Crippen MR) is 116 cm³/mol. The van der Waals surface area contributed by atoms with E-state index in [2.05, 4.69) is 79.1 Å². The first kappa shape index (κ1) is 18.9. The summed E-state index contributed by atoms with van der Waals surface area (Å²) in [5.74, 6) is 0. The molecule has 2 aliphatic rings. The summed E-state index contributed by atoms with van der Waals surface area (Å²) < 4.78 is 0. The molecule has 1 N–H and O–H groups in total. The summed E-state index contributed by atoms with van der Waals surface area (Å²) in [4.78, 5) is 2.68. The average molecular weight is 380 g/mol. The summed E-state index contributed by atoms with van der Waals surface area (Å²) >= 11 is 0. The monoisotopic (exact) mass is 379 g/mol. The van der Waals surface area contributed by atoms with Gasteiger partial charge in [-0.05, 0) is 36.8 Å². The van der Waals surface area contributed by atoms with E-state index in [1.807, 2.05) is 0 Å². The van der Waals surface area contributed by atoms with Gasteiger partial charge in [0.2, 0.25) is 0 Å². The number of hydrogen-bond acceptors (Lipinski definition) is 2. The van der Waals surface area contributed by atoms with Gasteiger partial charge >= 0.3 is 0 Å². The van der Waals surface area contributed by atoms with Crippen LogP contribution < -0.4 is 5.19 Å². The van der Waals surface area contributed by atoms with Gasteiger partial charge in [-0.15, -0.1) is 0 Å². The molecule has 27 heavy (non-hydrogen) atoms. The van der Waals surface area contributed by atoms with Crippen molar-refractivity contribution in [3.05, 3.63) is 65.7 Å². The molecule has 2 heterocycles. The van der Waals surface area contributed by atoms with Crippen molar-refractivity contribution in [1.82, 2.24) is 4.90 Å². The summed E-state index contributed by atoms with van der Waals surface area (Å²) in [6, 6.07) is 20.7. The fourth-order valence-corrected chi connectivity index (χ4v) is 6.27. The quantitative estimate of drug-likeness (QED) is 0.783. The molecule has 2 atom stereocenters. The number of rotatable bonds is 4. The number of aliphatic hydroxyl groups is 1. The van der Waals surface area contributed by atoms with Gasteiger partial charge in [0.15, 0.2) is 0 Å². The lowest BCUT2D eigenvalue weighted by molar-refractivity contribution is -0.0998. The van der Waals surface area contributed by atoms with Gasteiger partial charge < -0.3 is 5.11 Å². The molecule has 2 unspecified atom stereocenters. The molecule has 0 amide bonds. The number of hydrogen-bond donors (Lipinski definition) is 1. The molecule has 144 valence electrons. The van der Waals surface area contributed by atoms with E-state index >= 15 is 0 Å². The average Bonchev–Trinajstić information content (AvgIpc) is 2.63. The summed E-state index contributed by atoms with van der Waals surface area (Å²) in [5.41, 5.74) is 1.87. The molecule has 0 spiro atoms. The third-order valence-corrected chi connectivity index (χ3v) is 8.68. The summed E-state index contributed by atoms with van der Waals surface area (Å²) in [7, 11) is -1.38. The summed E-state index contributed by atoms with van der Waals surface area (Å²) in [5, 5.41) is 13.2. The van der Waals surface area contributed by atoms with Crippen LogP contribution in [0.4, 0.5) is 0 Å². The van der Waals surface area contributed by atoms with Gasteiger partial charge in [-0.2, -0.15) is 0 Å². The van der Waals surface area contributed by atoms with Crippen LogP contribution in [0.15, 0.2) is 54.6 Å². The Labute approximate surface area is 165 Å². The van der Waals surface area contributed by atoms with E-state index in [0.717, 1.165) is 24.9 Å². The highest BCUT2D eigenvalue weighted by atomic mass is 28.3. The molecule has 2 aromatic carbocycles. The Morgan fingerprint density at radius 3 is 2.26 bits per heavy atom. The minimum absolute atomic E-state index is 0.484. The topological polar surface area (TPSA) is 23.5 Å². The zero-order valence-electron chi connectivity index (χ0n) is 17.0. The zero-order chi connectivity index (χ0) is 19.1. The third-order valence-electron chi connectivity index (χ3n) is 6.63. The fraction of sp³-hybridized carbons (Fsp3) is 0.500. The smallest absolute Gasteiger partial charge is 0.0926 e. The maximum atomic E-state index is 11.7. The highest BCUT2D eigenvalue weighted by Crippen LogP contribution is 2.44. The standard InChI is InChI=1S/C24H33NOSi/c1-27(2,3)23-14-7-11-20(15-23)24(26)16-21-12-8-13-22(17-24)25(21)18-19-9-5-4-6-10-19/h4-7,9-11,14-15,21-22,26H,8,12-13,16-18H2,1-3H3. The van der Waals surface area contributed by atoms with Crippen molar-refractivity contribution in [3.8, 4) is 0 Å². The van der Waals surface area contributed by atoms with Crippen molar-refractivity contribution in [1.29, 1.82) is 0 Å². The molecule has 3 heteroatoms. The first-order chi connectivity index (χ1) is 12.9. The van der Waals surface area contributed by atoms with E-state index in [-0.39, 0.29) is 0 Å². The Kier molecular flexibility index (Phi) is 5.04. The van der Waals surface area contributed by atoms with Crippen molar-refractivity contribution < 1.29 is 5.11 Å². The Morgan fingerprint density at radius 2 is 1.63 bits per heavy atom. The molecule has 2 fully saturated rings. The van der Waals surface area contributed by atoms with Crippen molar-refractivity contribution in [2.45, 2.75) is 76.0 Å². The molecule has 2 saturated heterocycles. The third kappa shape index (κ3) is 3.91. The fourth-order valence-electron chi connectivity index (χ4n) is 5.08. The normalized spacial score (nSPS) is 28.9.